The van der Waals surface area contributed by atoms with Crippen molar-refractivity contribution in [2.24, 2.45) is 5.92 Å². The fourth-order valence-electron chi connectivity index (χ4n) is 1.58. The molecule has 0 fully saturated rings. The van der Waals surface area contributed by atoms with Crippen LogP contribution >= 0.6 is 0 Å². The molecule has 0 spiro atoms. The lowest BCUT2D eigenvalue weighted by molar-refractivity contribution is 0.548. The van der Waals surface area contributed by atoms with Crippen molar-refractivity contribution in [3.05, 3.63) is 42.2 Å². The topological polar surface area (TPSA) is 42.7 Å². The van der Waals surface area contributed by atoms with Crippen molar-refractivity contribution in [1.82, 2.24) is 20.3 Å². The number of nitrogens with one attached hydrogen (secondary N) is 1. The van der Waals surface area contributed by atoms with Gasteiger partial charge in [-0.1, -0.05) is 37.3 Å². The molecule has 0 atom stereocenters. The molecule has 2 rings (SSSR count). The molecule has 0 aliphatic carbocycles. The third-order valence-corrected chi connectivity index (χ3v) is 2.42. The molecule has 1 aromatic carbocycles. The highest BCUT2D eigenvalue weighted by Gasteiger charge is 2.02. The van der Waals surface area contributed by atoms with Gasteiger partial charge in [-0.15, -0.1) is 5.10 Å². The average Bonchev–Trinajstić information content (AvgIpc) is 2.78. The second-order valence-corrected chi connectivity index (χ2v) is 4.51. The van der Waals surface area contributed by atoms with Gasteiger partial charge in [-0.05, 0) is 24.6 Å². The Balaban J connectivity index is 1.97. The zero-order valence-corrected chi connectivity index (χ0v) is 10.3. The summed E-state index contributed by atoms with van der Waals surface area (Å²) in [6.07, 6.45) is 1.96. The van der Waals surface area contributed by atoms with Crippen molar-refractivity contribution < 1.29 is 0 Å². The van der Waals surface area contributed by atoms with Gasteiger partial charge < -0.3 is 5.32 Å². The highest BCUT2D eigenvalue weighted by molar-refractivity contribution is 5.29. The molecule has 4 nitrogen and oxygen atoms in total. The number of nitrogens with zero attached hydrogens (tertiary/aromatic N) is 3. The number of hydrogen-bond donors (Lipinski definition) is 1. The van der Waals surface area contributed by atoms with Gasteiger partial charge in [-0.2, -0.15) is 0 Å². The number of aromatic nitrogens is 3. The van der Waals surface area contributed by atoms with Crippen LogP contribution in [-0.2, 0) is 6.54 Å². The number of benzene rings is 1. The lowest BCUT2D eigenvalue weighted by Crippen LogP contribution is -2.19. The molecule has 0 radical (unpaired) electrons. The van der Waals surface area contributed by atoms with Crippen molar-refractivity contribution in [3.63, 3.8) is 0 Å². The average molecular weight is 230 g/mol. The highest BCUT2D eigenvalue weighted by atomic mass is 15.4. The van der Waals surface area contributed by atoms with Crippen LogP contribution in [0.4, 0.5) is 0 Å². The van der Waals surface area contributed by atoms with Crippen molar-refractivity contribution >= 4 is 0 Å². The standard InChI is InChI=1S/C13H18N4/c1-11(2)8-14-9-12-10-17(16-15-12)13-6-4-3-5-7-13/h3-7,10-11,14H,8-9H2,1-2H3. The Bertz CT molecular complexity index is 447. The smallest absolute Gasteiger partial charge is 0.0969 e. The normalized spacial score (nSPS) is 11.0. The molecule has 17 heavy (non-hydrogen) atoms. The fraction of sp³-hybridized carbons (Fsp3) is 0.385. The minimum atomic E-state index is 0.652. The molecule has 90 valence electrons. The van der Waals surface area contributed by atoms with E-state index in [9.17, 15) is 0 Å². The lowest BCUT2D eigenvalue weighted by atomic mass is 10.2. The Hall–Kier alpha value is -1.68. The molecular weight excluding hydrogens is 212 g/mol. The van der Waals surface area contributed by atoms with Gasteiger partial charge in [-0.3, -0.25) is 0 Å². The summed E-state index contributed by atoms with van der Waals surface area (Å²) in [6, 6.07) is 10.0. The number of para-hydroxylation sites is 1. The van der Waals surface area contributed by atoms with Crippen molar-refractivity contribution in [2.75, 3.05) is 6.54 Å². The Morgan fingerprint density at radius 3 is 2.71 bits per heavy atom. The highest BCUT2D eigenvalue weighted by Crippen LogP contribution is 2.05. The van der Waals surface area contributed by atoms with Crippen LogP contribution in [0.5, 0.6) is 0 Å². The van der Waals surface area contributed by atoms with E-state index >= 15 is 0 Å². The van der Waals surface area contributed by atoms with Gasteiger partial charge in [0.2, 0.25) is 0 Å². The number of rotatable bonds is 5. The van der Waals surface area contributed by atoms with Gasteiger partial charge in [0.25, 0.3) is 0 Å². The Morgan fingerprint density at radius 2 is 2.00 bits per heavy atom. The lowest BCUT2D eigenvalue weighted by Gasteiger charge is -2.04. The van der Waals surface area contributed by atoms with Crippen LogP contribution in [0.3, 0.4) is 0 Å². The fourth-order valence-corrected chi connectivity index (χ4v) is 1.58. The summed E-state index contributed by atoms with van der Waals surface area (Å²) < 4.78 is 1.80. The first-order valence-corrected chi connectivity index (χ1v) is 5.93. The summed E-state index contributed by atoms with van der Waals surface area (Å²) in [5, 5.41) is 11.6. The van der Waals surface area contributed by atoms with Gasteiger partial charge in [0.15, 0.2) is 0 Å². The molecule has 0 saturated carbocycles. The third-order valence-electron chi connectivity index (χ3n) is 2.42. The maximum absolute atomic E-state index is 4.14. The minimum absolute atomic E-state index is 0.652. The molecule has 2 aromatic rings. The van der Waals surface area contributed by atoms with Gasteiger partial charge in [0.1, 0.15) is 0 Å². The molecule has 1 aromatic heterocycles. The Labute approximate surface area is 102 Å². The molecule has 4 heteroatoms. The first-order chi connectivity index (χ1) is 8.25. The van der Waals surface area contributed by atoms with Crippen LogP contribution in [0.2, 0.25) is 0 Å². The first-order valence-electron chi connectivity index (χ1n) is 5.93. The van der Waals surface area contributed by atoms with Crippen LogP contribution in [0.15, 0.2) is 36.5 Å². The van der Waals surface area contributed by atoms with E-state index in [1.807, 2.05) is 36.5 Å². The van der Waals surface area contributed by atoms with E-state index in [1.54, 1.807) is 4.68 Å². The Kier molecular flexibility index (Phi) is 3.88. The van der Waals surface area contributed by atoms with Crippen LogP contribution in [0.1, 0.15) is 19.5 Å². The van der Waals surface area contributed by atoms with Gasteiger partial charge in [0.05, 0.1) is 17.6 Å². The third kappa shape index (κ3) is 3.39. The van der Waals surface area contributed by atoms with Crippen LogP contribution < -0.4 is 5.32 Å². The van der Waals surface area contributed by atoms with E-state index in [-0.39, 0.29) is 0 Å². The minimum Gasteiger partial charge on any atom is -0.311 e. The summed E-state index contributed by atoms with van der Waals surface area (Å²) in [5.41, 5.74) is 2.00. The maximum atomic E-state index is 4.14. The van der Waals surface area contributed by atoms with Crippen LogP contribution in [0, 0.1) is 5.92 Å². The van der Waals surface area contributed by atoms with E-state index < -0.39 is 0 Å². The summed E-state index contributed by atoms with van der Waals surface area (Å²) >= 11 is 0. The zero-order valence-electron chi connectivity index (χ0n) is 10.3. The van der Waals surface area contributed by atoms with E-state index in [0.717, 1.165) is 24.5 Å². The monoisotopic (exact) mass is 230 g/mol. The van der Waals surface area contributed by atoms with Crippen molar-refractivity contribution in [3.8, 4) is 5.69 Å². The summed E-state index contributed by atoms with van der Waals surface area (Å²) in [6.45, 7) is 6.14. The van der Waals surface area contributed by atoms with Crippen LogP contribution in [-0.4, -0.2) is 21.5 Å². The molecule has 0 saturated heterocycles. The largest absolute Gasteiger partial charge is 0.311 e. The Morgan fingerprint density at radius 1 is 1.24 bits per heavy atom. The van der Waals surface area contributed by atoms with Crippen LogP contribution in [0.25, 0.3) is 5.69 Å². The van der Waals surface area contributed by atoms with E-state index in [1.165, 1.54) is 0 Å². The van der Waals surface area contributed by atoms with Gasteiger partial charge in [0, 0.05) is 6.54 Å². The molecule has 1 heterocycles. The quantitative estimate of drug-likeness (QED) is 0.854. The van der Waals surface area contributed by atoms with Crippen molar-refractivity contribution in [1.29, 1.82) is 0 Å². The molecule has 0 unspecified atom stereocenters. The van der Waals surface area contributed by atoms with E-state index in [2.05, 4.69) is 29.5 Å². The van der Waals surface area contributed by atoms with Crippen molar-refractivity contribution in [2.45, 2.75) is 20.4 Å². The second-order valence-electron chi connectivity index (χ2n) is 4.51. The molecular formula is C13H18N4. The predicted molar refractivity (Wildman–Crippen MR) is 67.9 cm³/mol. The SMILES string of the molecule is CC(C)CNCc1cn(-c2ccccc2)nn1. The zero-order chi connectivity index (χ0) is 12.1. The summed E-state index contributed by atoms with van der Waals surface area (Å²) in [7, 11) is 0. The second kappa shape index (κ2) is 5.59. The van der Waals surface area contributed by atoms with E-state index in [4.69, 9.17) is 0 Å². The molecule has 1 N–H and O–H groups in total. The number of hydrogen-bond acceptors (Lipinski definition) is 3. The summed E-state index contributed by atoms with van der Waals surface area (Å²) in [4.78, 5) is 0. The van der Waals surface area contributed by atoms with E-state index in [0.29, 0.717) is 5.92 Å². The van der Waals surface area contributed by atoms with Gasteiger partial charge in [-0.25, -0.2) is 4.68 Å². The molecule has 0 bridgehead atoms. The predicted octanol–water partition coefficient (Wildman–Crippen LogP) is 2.01. The molecule has 0 amide bonds. The molecule has 0 aliphatic rings. The first kappa shape index (κ1) is 11.8. The summed E-state index contributed by atoms with van der Waals surface area (Å²) in [5.74, 6) is 0.652. The van der Waals surface area contributed by atoms with Gasteiger partial charge >= 0.3 is 0 Å². The maximum Gasteiger partial charge on any atom is 0.0969 e. The molecule has 0 aliphatic heterocycles.